The van der Waals surface area contributed by atoms with Gasteiger partial charge < -0.3 is 5.32 Å². The molecule has 0 saturated heterocycles. The van der Waals surface area contributed by atoms with E-state index in [0.717, 1.165) is 11.0 Å². The molecule has 0 spiro atoms. The average Bonchev–Trinajstić information content (AvgIpc) is 2.66. The van der Waals surface area contributed by atoms with E-state index in [0.29, 0.717) is 5.52 Å². The smallest absolute Gasteiger partial charge is 0.336 e. The number of hydrogen-bond donors (Lipinski definition) is 1. The van der Waals surface area contributed by atoms with Gasteiger partial charge in [-0.15, -0.1) is 0 Å². The number of hydrogen-bond acceptors (Lipinski definition) is 3. The molecule has 0 aliphatic heterocycles. The highest BCUT2D eigenvalue weighted by Crippen LogP contribution is 2.12. The van der Waals surface area contributed by atoms with E-state index in [1.54, 1.807) is 30.3 Å². The van der Waals surface area contributed by atoms with Crippen molar-refractivity contribution in [2.45, 2.75) is 32.9 Å². The van der Waals surface area contributed by atoms with Crippen molar-refractivity contribution in [2.24, 2.45) is 0 Å². The highest BCUT2D eigenvalue weighted by Gasteiger charge is 2.18. The number of para-hydroxylation sites is 2. The van der Waals surface area contributed by atoms with Crippen molar-refractivity contribution in [3.63, 3.8) is 0 Å². The zero-order valence-corrected chi connectivity index (χ0v) is 15.1. The van der Waals surface area contributed by atoms with Gasteiger partial charge in [0.05, 0.1) is 16.6 Å². The third-order valence-electron chi connectivity index (χ3n) is 4.47. The Kier molecular flexibility index (Phi) is 5.21. The molecule has 0 aliphatic carbocycles. The van der Waals surface area contributed by atoms with Crippen LogP contribution in [0.15, 0.2) is 58.1 Å². The van der Waals surface area contributed by atoms with Gasteiger partial charge >= 0.3 is 5.69 Å². The van der Waals surface area contributed by atoms with Crippen LogP contribution < -0.4 is 16.6 Å². The molecule has 1 aromatic heterocycles. The fraction of sp³-hybridized carbons (Fsp3) is 0.250. The second-order valence-electron chi connectivity index (χ2n) is 6.35. The Bertz CT molecular complexity index is 1120. The fourth-order valence-electron chi connectivity index (χ4n) is 2.89. The van der Waals surface area contributed by atoms with E-state index < -0.39 is 17.1 Å². The molecule has 0 radical (unpaired) electrons. The number of nitrogens with one attached hydrogen (secondary N) is 1. The van der Waals surface area contributed by atoms with Crippen LogP contribution >= 0.6 is 0 Å². The quantitative estimate of drug-likeness (QED) is 0.749. The van der Waals surface area contributed by atoms with Gasteiger partial charge in [0.15, 0.2) is 0 Å². The van der Waals surface area contributed by atoms with Crippen LogP contribution in [0.4, 0.5) is 4.39 Å². The van der Waals surface area contributed by atoms with E-state index >= 15 is 0 Å². The number of nitrogens with zero attached hydrogens (tertiary/aromatic N) is 2. The summed E-state index contributed by atoms with van der Waals surface area (Å²) in [4.78, 5) is 38.2. The molecule has 0 saturated carbocycles. The second-order valence-corrected chi connectivity index (χ2v) is 6.35. The maximum absolute atomic E-state index is 14.3. The first-order valence-corrected chi connectivity index (χ1v) is 8.73. The van der Waals surface area contributed by atoms with Gasteiger partial charge in [-0.3, -0.25) is 14.2 Å². The van der Waals surface area contributed by atoms with Gasteiger partial charge in [0.2, 0.25) is 5.91 Å². The van der Waals surface area contributed by atoms with Gasteiger partial charge in [-0.2, -0.15) is 0 Å². The monoisotopic (exact) mass is 369 g/mol. The van der Waals surface area contributed by atoms with Gasteiger partial charge in [-0.1, -0.05) is 31.2 Å². The second kappa shape index (κ2) is 7.57. The first-order valence-electron chi connectivity index (χ1n) is 8.73. The van der Waals surface area contributed by atoms with E-state index in [4.69, 9.17) is 0 Å². The summed E-state index contributed by atoms with van der Waals surface area (Å²) in [6.07, 6.45) is 0.746. The number of benzene rings is 2. The van der Waals surface area contributed by atoms with Crippen molar-refractivity contribution in [3.8, 4) is 5.69 Å². The fourth-order valence-corrected chi connectivity index (χ4v) is 2.89. The molecule has 1 N–H and O–H groups in total. The van der Waals surface area contributed by atoms with Crippen LogP contribution in [0.1, 0.15) is 20.3 Å². The van der Waals surface area contributed by atoms with Crippen molar-refractivity contribution < 1.29 is 9.18 Å². The van der Waals surface area contributed by atoms with E-state index in [1.807, 2.05) is 13.8 Å². The number of rotatable bonds is 5. The van der Waals surface area contributed by atoms with E-state index in [1.165, 1.54) is 22.8 Å². The molecule has 1 heterocycles. The molecule has 0 unspecified atom stereocenters. The largest absolute Gasteiger partial charge is 0.352 e. The number of aromatic nitrogens is 2. The van der Waals surface area contributed by atoms with Gasteiger partial charge in [0.1, 0.15) is 12.4 Å². The Morgan fingerprint density at radius 3 is 2.48 bits per heavy atom. The van der Waals surface area contributed by atoms with Crippen LogP contribution in [-0.4, -0.2) is 21.1 Å². The lowest BCUT2D eigenvalue weighted by molar-refractivity contribution is -0.122. The maximum atomic E-state index is 14.3. The average molecular weight is 369 g/mol. The molecule has 2 aromatic carbocycles. The van der Waals surface area contributed by atoms with E-state index in [9.17, 15) is 18.8 Å². The number of carbonyl (C=O) groups excluding carboxylic acids is 1. The van der Waals surface area contributed by atoms with Gasteiger partial charge in [0, 0.05) is 6.04 Å². The number of halogens is 1. The summed E-state index contributed by atoms with van der Waals surface area (Å²) in [5, 5.41) is 3.03. The minimum atomic E-state index is -0.761. The molecule has 6 nitrogen and oxygen atoms in total. The first-order chi connectivity index (χ1) is 12.9. The number of fused-ring (bicyclic) bond motifs is 1. The summed E-state index contributed by atoms with van der Waals surface area (Å²) >= 11 is 0. The van der Waals surface area contributed by atoms with Crippen LogP contribution in [0.2, 0.25) is 0 Å². The Hall–Kier alpha value is -3.22. The lowest BCUT2D eigenvalue weighted by Crippen LogP contribution is -2.43. The van der Waals surface area contributed by atoms with Crippen molar-refractivity contribution in [2.75, 3.05) is 0 Å². The third kappa shape index (κ3) is 3.53. The minimum Gasteiger partial charge on any atom is -0.352 e. The van der Waals surface area contributed by atoms with Crippen LogP contribution in [-0.2, 0) is 11.3 Å². The van der Waals surface area contributed by atoms with Gasteiger partial charge in [0.25, 0.3) is 5.56 Å². The normalized spacial score (nSPS) is 12.1. The van der Waals surface area contributed by atoms with E-state index in [2.05, 4.69) is 5.32 Å². The summed E-state index contributed by atoms with van der Waals surface area (Å²) in [6, 6.07) is 12.0. The maximum Gasteiger partial charge on any atom is 0.336 e. The minimum absolute atomic E-state index is 0.0445. The highest BCUT2D eigenvalue weighted by atomic mass is 19.1. The Morgan fingerprint density at radius 2 is 1.78 bits per heavy atom. The number of amides is 1. The molecule has 3 rings (SSSR count). The summed E-state index contributed by atoms with van der Waals surface area (Å²) in [7, 11) is 0. The van der Waals surface area contributed by atoms with Crippen LogP contribution in [0, 0.1) is 5.82 Å². The molecule has 0 bridgehead atoms. The van der Waals surface area contributed by atoms with E-state index in [-0.39, 0.29) is 29.6 Å². The molecule has 3 aromatic rings. The van der Waals surface area contributed by atoms with Gasteiger partial charge in [-0.25, -0.2) is 13.8 Å². The molecular formula is C20H20FN3O3. The van der Waals surface area contributed by atoms with Crippen molar-refractivity contribution in [1.29, 1.82) is 0 Å². The summed E-state index contributed by atoms with van der Waals surface area (Å²) in [5.41, 5.74) is -1.20. The Balaban J connectivity index is 2.25. The van der Waals surface area contributed by atoms with Crippen LogP contribution in [0.25, 0.3) is 16.6 Å². The van der Waals surface area contributed by atoms with Gasteiger partial charge in [-0.05, 0) is 37.6 Å². The molecule has 0 aliphatic rings. The van der Waals surface area contributed by atoms with Crippen LogP contribution in [0.3, 0.4) is 0 Å². The Morgan fingerprint density at radius 1 is 1.11 bits per heavy atom. The zero-order valence-electron chi connectivity index (χ0n) is 15.1. The van der Waals surface area contributed by atoms with Crippen molar-refractivity contribution >= 4 is 16.8 Å². The first kappa shape index (κ1) is 18.6. The lowest BCUT2D eigenvalue weighted by Gasteiger charge is -2.16. The van der Waals surface area contributed by atoms with Crippen molar-refractivity contribution in [1.82, 2.24) is 14.5 Å². The summed E-state index contributed by atoms with van der Waals surface area (Å²) in [5.74, 6) is -1.04. The third-order valence-corrected chi connectivity index (χ3v) is 4.47. The topological polar surface area (TPSA) is 73.1 Å². The zero-order chi connectivity index (χ0) is 19.6. The van der Waals surface area contributed by atoms with Crippen LogP contribution in [0.5, 0.6) is 0 Å². The lowest BCUT2D eigenvalue weighted by atomic mass is 10.2. The SMILES string of the molecule is CC[C@H](C)NC(=O)Cn1c(=O)n(-c2ccccc2F)c(=O)c2ccccc21. The molecular weight excluding hydrogens is 349 g/mol. The molecule has 27 heavy (non-hydrogen) atoms. The molecule has 1 amide bonds. The molecule has 7 heteroatoms. The predicted molar refractivity (Wildman–Crippen MR) is 102 cm³/mol. The standard InChI is InChI=1S/C20H20FN3O3/c1-3-13(2)22-18(25)12-23-16-10-6-4-8-14(16)19(26)24(20(23)27)17-11-7-5-9-15(17)21/h4-11,13H,3,12H2,1-2H3,(H,22,25)/t13-/m0/s1. The highest BCUT2D eigenvalue weighted by molar-refractivity contribution is 5.82. The predicted octanol–water partition coefficient (Wildman–Crippen LogP) is 2.21. The molecule has 140 valence electrons. The molecule has 0 fully saturated rings. The molecule has 1 atom stereocenters. The number of carbonyl (C=O) groups is 1. The van der Waals surface area contributed by atoms with Crippen molar-refractivity contribution in [3.05, 3.63) is 75.2 Å². The summed E-state index contributed by atoms with van der Waals surface area (Å²) in [6.45, 7) is 3.53. The summed E-state index contributed by atoms with van der Waals surface area (Å²) < 4.78 is 16.2. The Labute approximate surface area is 154 Å².